The van der Waals surface area contributed by atoms with Gasteiger partial charge in [0.25, 0.3) is 5.91 Å². The third kappa shape index (κ3) is 6.29. The SMILES string of the molecule is CC[C@@H](C)[C@@H](C(=O)OCC(=O)NC(=O)NCc1ccco1)c1ccccc1. The standard InChI is InChI=1S/C20H24N2O5/c1-3-14(2)18(15-8-5-4-6-9-15)19(24)27-13-17(23)22-20(25)21-12-16-10-7-11-26-16/h4-11,14,18H,3,12-13H2,1-2H3,(H2,21,22,23,25)/t14-,18-/m1/s1. The lowest BCUT2D eigenvalue weighted by Gasteiger charge is -2.21. The summed E-state index contributed by atoms with van der Waals surface area (Å²) in [7, 11) is 0. The molecule has 7 heteroatoms. The van der Waals surface area contributed by atoms with Gasteiger partial charge in [-0.05, 0) is 23.6 Å². The van der Waals surface area contributed by atoms with E-state index in [9.17, 15) is 14.4 Å². The fourth-order valence-corrected chi connectivity index (χ4v) is 2.61. The second kappa shape index (κ2) is 10.2. The zero-order chi connectivity index (χ0) is 19.6. The molecule has 144 valence electrons. The van der Waals surface area contributed by atoms with Gasteiger partial charge in [0.15, 0.2) is 6.61 Å². The molecule has 2 N–H and O–H groups in total. The Bertz CT molecular complexity index is 743. The van der Waals surface area contributed by atoms with Crippen LogP contribution in [0, 0.1) is 5.92 Å². The Balaban J connectivity index is 1.83. The van der Waals surface area contributed by atoms with Gasteiger partial charge < -0.3 is 14.5 Å². The first-order valence-electron chi connectivity index (χ1n) is 8.83. The molecule has 0 saturated carbocycles. The molecule has 2 rings (SSSR count). The van der Waals surface area contributed by atoms with Crippen molar-refractivity contribution in [3.8, 4) is 0 Å². The molecule has 0 bridgehead atoms. The van der Waals surface area contributed by atoms with E-state index in [1.54, 1.807) is 12.1 Å². The van der Waals surface area contributed by atoms with Crippen LogP contribution in [0.4, 0.5) is 4.79 Å². The number of nitrogens with one attached hydrogen (secondary N) is 2. The van der Waals surface area contributed by atoms with Crippen molar-refractivity contribution < 1.29 is 23.5 Å². The lowest BCUT2D eigenvalue weighted by atomic mass is 9.86. The number of carbonyl (C=O) groups is 3. The van der Waals surface area contributed by atoms with Gasteiger partial charge in [0.1, 0.15) is 5.76 Å². The molecule has 1 aromatic carbocycles. The van der Waals surface area contributed by atoms with Gasteiger partial charge in [0.2, 0.25) is 0 Å². The molecular formula is C20H24N2O5. The Morgan fingerprint density at radius 3 is 2.48 bits per heavy atom. The fourth-order valence-electron chi connectivity index (χ4n) is 2.61. The minimum atomic E-state index is -0.698. The summed E-state index contributed by atoms with van der Waals surface area (Å²) in [5.41, 5.74) is 0.841. The molecule has 1 heterocycles. The first-order chi connectivity index (χ1) is 13.0. The molecule has 1 aromatic heterocycles. The number of amides is 3. The molecule has 2 atom stereocenters. The van der Waals surface area contributed by atoms with Crippen molar-refractivity contribution in [2.24, 2.45) is 5.92 Å². The summed E-state index contributed by atoms with van der Waals surface area (Å²) in [5, 5.41) is 4.59. The number of benzene rings is 1. The van der Waals surface area contributed by atoms with E-state index in [0.29, 0.717) is 5.76 Å². The molecule has 0 fully saturated rings. The molecule has 2 aromatic rings. The van der Waals surface area contributed by atoms with Crippen LogP contribution in [0.2, 0.25) is 0 Å². The molecular weight excluding hydrogens is 348 g/mol. The highest BCUT2D eigenvalue weighted by atomic mass is 16.5. The molecule has 0 saturated heterocycles. The second-order valence-electron chi connectivity index (χ2n) is 6.19. The number of hydrogen-bond acceptors (Lipinski definition) is 5. The first kappa shape index (κ1) is 20.2. The Morgan fingerprint density at radius 2 is 1.85 bits per heavy atom. The summed E-state index contributed by atoms with van der Waals surface area (Å²) in [6.07, 6.45) is 2.27. The highest BCUT2D eigenvalue weighted by Gasteiger charge is 2.27. The topological polar surface area (TPSA) is 97.6 Å². The van der Waals surface area contributed by atoms with E-state index in [1.165, 1.54) is 6.26 Å². The Morgan fingerprint density at radius 1 is 1.11 bits per heavy atom. The summed E-state index contributed by atoms with van der Waals surface area (Å²) in [5.74, 6) is -1.03. The third-order valence-electron chi connectivity index (χ3n) is 4.23. The normalized spacial score (nSPS) is 12.7. The predicted octanol–water partition coefficient (Wildman–Crippen LogP) is 2.98. The van der Waals surface area contributed by atoms with Crippen molar-refractivity contribution >= 4 is 17.9 Å². The highest BCUT2D eigenvalue weighted by Crippen LogP contribution is 2.28. The second-order valence-corrected chi connectivity index (χ2v) is 6.19. The Labute approximate surface area is 158 Å². The van der Waals surface area contributed by atoms with E-state index in [0.717, 1.165) is 12.0 Å². The number of esters is 1. The van der Waals surface area contributed by atoms with Crippen molar-refractivity contribution in [1.29, 1.82) is 0 Å². The Kier molecular flexibility index (Phi) is 7.61. The lowest BCUT2D eigenvalue weighted by Crippen LogP contribution is -2.41. The third-order valence-corrected chi connectivity index (χ3v) is 4.23. The van der Waals surface area contributed by atoms with Gasteiger partial charge >= 0.3 is 12.0 Å². The summed E-state index contributed by atoms with van der Waals surface area (Å²) in [4.78, 5) is 36.0. The van der Waals surface area contributed by atoms with Gasteiger partial charge in [-0.25, -0.2) is 4.79 Å². The van der Waals surface area contributed by atoms with Gasteiger partial charge in [-0.3, -0.25) is 14.9 Å². The lowest BCUT2D eigenvalue weighted by molar-refractivity contribution is -0.151. The molecule has 0 aliphatic carbocycles. The summed E-state index contributed by atoms with van der Waals surface area (Å²) >= 11 is 0. The molecule has 0 radical (unpaired) electrons. The van der Waals surface area contributed by atoms with Crippen LogP contribution in [0.15, 0.2) is 53.1 Å². The average Bonchev–Trinajstić information content (AvgIpc) is 3.19. The smallest absolute Gasteiger partial charge is 0.321 e. The van der Waals surface area contributed by atoms with E-state index in [2.05, 4.69) is 10.6 Å². The first-order valence-corrected chi connectivity index (χ1v) is 8.83. The monoisotopic (exact) mass is 372 g/mol. The number of urea groups is 1. The largest absolute Gasteiger partial charge is 0.467 e. The van der Waals surface area contributed by atoms with Crippen LogP contribution in [-0.2, 0) is 20.9 Å². The maximum absolute atomic E-state index is 12.5. The van der Waals surface area contributed by atoms with Crippen LogP contribution in [0.25, 0.3) is 0 Å². The zero-order valence-electron chi connectivity index (χ0n) is 15.4. The van der Waals surface area contributed by atoms with E-state index in [4.69, 9.17) is 9.15 Å². The molecule has 0 aliphatic heterocycles. The van der Waals surface area contributed by atoms with Gasteiger partial charge in [0.05, 0.1) is 18.7 Å². The summed E-state index contributed by atoms with van der Waals surface area (Å²) in [6.45, 7) is 3.58. The summed E-state index contributed by atoms with van der Waals surface area (Å²) < 4.78 is 10.2. The molecule has 3 amide bonds. The minimum Gasteiger partial charge on any atom is -0.467 e. The van der Waals surface area contributed by atoms with Crippen LogP contribution < -0.4 is 10.6 Å². The highest BCUT2D eigenvalue weighted by molar-refractivity contribution is 5.95. The van der Waals surface area contributed by atoms with Gasteiger partial charge in [0, 0.05) is 0 Å². The van der Waals surface area contributed by atoms with E-state index < -0.39 is 30.4 Å². The predicted molar refractivity (Wildman–Crippen MR) is 98.7 cm³/mol. The van der Waals surface area contributed by atoms with Crippen LogP contribution >= 0.6 is 0 Å². The fraction of sp³-hybridized carbons (Fsp3) is 0.350. The van der Waals surface area contributed by atoms with Crippen LogP contribution in [-0.4, -0.2) is 24.5 Å². The number of furan rings is 1. The van der Waals surface area contributed by atoms with Crippen molar-refractivity contribution in [2.75, 3.05) is 6.61 Å². The van der Waals surface area contributed by atoms with E-state index >= 15 is 0 Å². The van der Waals surface area contributed by atoms with Crippen molar-refractivity contribution in [3.63, 3.8) is 0 Å². The van der Waals surface area contributed by atoms with E-state index in [-0.39, 0.29) is 12.5 Å². The van der Waals surface area contributed by atoms with Gasteiger partial charge in [-0.15, -0.1) is 0 Å². The number of carbonyl (C=O) groups excluding carboxylic acids is 3. The number of rotatable bonds is 8. The molecule has 0 spiro atoms. The molecule has 7 nitrogen and oxygen atoms in total. The Hall–Kier alpha value is -3.09. The van der Waals surface area contributed by atoms with Crippen molar-refractivity contribution in [3.05, 3.63) is 60.1 Å². The zero-order valence-corrected chi connectivity index (χ0v) is 15.4. The van der Waals surface area contributed by atoms with Crippen LogP contribution in [0.3, 0.4) is 0 Å². The molecule has 0 unspecified atom stereocenters. The van der Waals surface area contributed by atoms with Crippen molar-refractivity contribution in [2.45, 2.75) is 32.7 Å². The quantitative estimate of drug-likeness (QED) is 0.694. The summed E-state index contributed by atoms with van der Waals surface area (Å²) in [6, 6.07) is 12.0. The van der Waals surface area contributed by atoms with E-state index in [1.807, 2.05) is 44.2 Å². The van der Waals surface area contributed by atoms with Crippen molar-refractivity contribution in [1.82, 2.24) is 10.6 Å². The van der Waals surface area contributed by atoms with Gasteiger partial charge in [-0.1, -0.05) is 50.6 Å². The number of hydrogen-bond donors (Lipinski definition) is 2. The number of imide groups is 1. The number of ether oxygens (including phenoxy) is 1. The molecule has 0 aliphatic rings. The maximum Gasteiger partial charge on any atom is 0.321 e. The van der Waals surface area contributed by atoms with Crippen LogP contribution in [0.5, 0.6) is 0 Å². The minimum absolute atomic E-state index is 0.0551. The average molecular weight is 372 g/mol. The van der Waals surface area contributed by atoms with Crippen LogP contribution in [0.1, 0.15) is 37.5 Å². The maximum atomic E-state index is 12.5. The molecule has 27 heavy (non-hydrogen) atoms. The van der Waals surface area contributed by atoms with Gasteiger partial charge in [-0.2, -0.15) is 0 Å².